The second-order valence-corrected chi connectivity index (χ2v) is 10.4. The number of rotatable bonds is 2. The predicted octanol–water partition coefficient (Wildman–Crippen LogP) is 1.52. The molecule has 7 heteroatoms. The van der Waals surface area contributed by atoms with E-state index in [0.717, 1.165) is 0 Å². The van der Waals surface area contributed by atoms with Crippen LogP contribution in [0.2, 0.25) is 0 Å². The summed E-state index contributed by atoms with van der Waals surface area (Å²) in [4.78, 5) is 25.4. The van der Waals surface area contributed by atoms with Gasteiger partial charge in [-0.2, -0.15) is 0 Å². The molecule has 0 bridgehead atoms. The summed E-state index contributed by atoms with van der Waals surface area (Å²) in [7, 11) is 0. The van der Waals surface area contributed by atoms with Crippen LogP contribution in [0.4, 0.5) is 0 Å². The van der Waals surface area contributed by atoms with E-state index < -0.39 is 63.6 Å². The molecule has 1 heterocycles. The standard InChI is InChI=1S/C22H34O7/c1-8-19(5)11-13(24)22(27)20(6)14(28-12(2)23)9-10-18(3,4)16(20)15(25)17(26)21(22,7)29-19/h8,14-17,25-27H,1,9-11H2,2-7H3/t14-,15-,16-,17-,19-,20-,21+,22-/m0/s1. The van der Waals surface area contributed by atoms with Crippen LogP contribution in [-0.2, 0) is 19.1 Å². The molecule has 3 rings (SSSR count). The van der Waals surface area contributed by atoms with Gasteiger partial charge < -0.3 is 24.8 Å². The first-order chi connectivity index (χ1) is 13.1. The van der Waals surface area contributed by atoms with E-state index in [-0.39, 0.29) is 6.42 Å². The maximum atomic E-state index is 13.6. The Morgan fingerprint density at radius 1 is 1.24 bits per heavy atom. The van der Waals surface area contributed by atoms with Gasteiger partial charge in [-0.3, -0.25) is 9.59 Å². The highest BCUT2D eigenvalue weighted by Gasteiger charge is 2.81. The molecule has 0 aromatic heterocycles. The highest BCUT2D eigenvalue weighted by atomic mass is 16.6. The van der Waals surface area contributed by atoms with Gasteiger partial charge in [-0.1, -0.05) is 26.8 Å². The normalized spacial score (nSPS) is 51.6. The number of aliphatic hydroxyl groups excluding tert-OH is 2. The maximum absolute atomic E-state index is 13.6. The number of hydrogen-bond acceptors (Lipinski definition) is 7. The lowest BCUT2D eigenvalue weighted by Gasteiger charge is -2.71. The Labute approximate surface area is 172 Å². The number of hydrogen-bond donors (Lipinski definition) is 3. The van der Waals surface area contributed by atoms with Crippen molar-refractivity contribution in [1.29, 1.82) is 0 Å². The molecule has 1 aliphatic heterocycles. The smallest absolute Gasteiger partial charge is 0.302 e. The molecule has 0 aromatic carbocycles. The molecule has 29 heavy (non-hydrogen) atoms. The summed E-state index contributed by atoms with van der Waals surface area (Å²) >= 11 is 0. The van der Waals surface area contributed by atoms with Crippen molar-refractivity contribution in [3.8, 4) is 0 Å². The van der Waals surface area contributed by atoms with Crippen LogP contribution in [0, 0.1) is 16.7 Å². The largest absolute Gasteiger partial charge is 0.462 e. The summed E-state index contributed by atoms with van der Waals surface area (Å²) < 4.78 is 11.8. The van der Waals surface area contributed by atoms with Gasteiger partial charge in [-0.05, 0) is 32.1 Å². The van der Waals surface area contributed by atoms with Crippen molar-refractivity contribution in [3.63, 3.8) is 0 Å². The minimum atomic E-state index is -2.18. The molecule has 0 spiro atoms. The van der Waals surface area contributed by atoms with Gasteiger partial charge in [0.25, 0.3) is 0 Å². The lowest BCUT2D eigenvalue weighted by Crippen LogP contribution is -2.86. The lowest BCUT2D eigenvalue weighted by molar-refractivity contribution is -0.370. The fourth-order valence-electron chi connectivity index (χ4n) is 6.68. The van der Waals surface area contributed by atoms with Crippen molar-refractivity contribution in [1.82, 2.24) is 0 Å². The number of fused-ring (bicyclic) bond motifs is 3. The van der Waals surface area contributed by atoms with E-state index in [9.17, 15) is 24.9 Å². The zero-order valence-electron chi connectivity index (χ0n) is 18.2. The Kier molecular flexibility index (Phi) is 4.91. The molecule has 2 aliphatic carbocycles. The van der Waals surface area contributed by atoms with Crippen LogP contribution in [0.25, 0.3) is 0 Å². The minimum Gasteiger partial charge on any atom is -0.462 e. The first-order valence-electron chi connectivity index (χ1n) is 10.2. The summed E-state index contributed by atoms with van der Waals surface area (Å²) in [6.07, 6.45) is -1.28. The molecule has 1 saturated heterocycles. The second-order valence-electron chi connectivity index (χ2n) is 10.4. The van der Waals surface area contributed by atoms with Crippen molar-refractivity contribution < 1.29 is 34.4 Å². The summed E-state index contributed by atoms with van der Waals surface area (Å²) in [6, 6.07) is 0. The zero-order chi connectivity index (χ0) is 22.2. The third-order valence-corrected chi connectivity index (χ3v) is 8.04. The highest BCUT2D eigenvalue weighted by molar-refractivity contribution is 5.92. The molecule has 8 atom stereocenters. The molecule has 3 fully saturated rings. The molecule has 164 valence electrons. The van der Waals surface area contributed by atoms with Crippen LogP contribution >= 0.6 is 0 Å². The van der Waals surface area contributed by atoms with Crippen LogP contribution in [-0.4, -0.2) is 62.2 Å². The molecular formula is C22H34O7. The number of esters is 1. The monoisotopic (exact) mass is 410 g/mol. The molecule has 0 radical (unpaired) electrons. The van der Waals surface area contributed by atoms with Gasteiger partial charge in [-0.25, -0.2) is 0 Å². The average Bonchev–Trinajstić information content (AvgIpc) is 2.59. The van der Waals surface area contributed by atoms with Gasteiger partial charge in [0.15, 0.2) is 11.4 Å². The first kappa shape index (κ1) is 22.4. The van der Waals surface area contributed by atoms with Gasteiger partial charge in [-0.15, -0.1) is 6.58 Å². The van der Waals surface area contributed by atoms with Gasteiger partial charge in [0.05, 0.1) is 11.7 Å². The van der Waals surface area contributed by atoms with E-state index in [2.05, 4.69) is 6.58 Å². The SMILES string of the molecule is C=C[C@@]1(C)CC(=O)[C@]2(O)[C@@]3(C)[C@@H](OC(C)=O)CCC(C)(C)[C@@H]3[C@H](O)[C@H](O)[C@@]2(C)O1. The van der Waals surface area contributed by atoms with Gasteiger partial charge in [0.2, 0.25) is 0 Å². The number of ketones is 1. The first-order valence-corrected chi connectivity index (χ1v) is 10.2. The fraction of sp³-hybridized carbons (Fsp3) is 0.818. The molecule has 0 amide bonds. The third-order valence-electron chi connectivity index (χ3n) is 8.04. The Hall–Kier alpha value is -1.28. The molecule has 0 unspecified atom stereocenters. The van der Waals surface area contributed by atoms with Crippen LogP contribution < -0.4 is 0 Å². The molecule has 3 aliphatic rings. The summed E-state index contributed by atoms with van der Waals surface area (Å²) in [5.41, 5.74) is -7.00. The Balaban J connectivity index is 2.30. The van der Waals surface area contributed by atoms with E-state index in [1.807, 2.05) is 13.8 Å². The molecule has 7 nitrogen and oxygen atoms in total. The van der Waals surface area contributed by atoms with Crippen LogP contribution in [0.1, 0.15) is 60.8 Å². The van der Waals surface area contributed by atoms with E-state index in [4.69, 9.17) is 9.47 Å². The second kappa shape index (κ2) is 6.36. The average molecular weight is 411 g/mol. The van der Waals surface area contributed by atoms with Crippen molar-refractivity contribution in [2.75, 3.05) is 0 Å². The van der Waals surface area contributed by atoms with Crippen molar-refractivity contribution in [3.05, 3.63) is 12.7 Å². The van der Waals surface area contributed by atoms with Gasteiger partial charge >= 0.3 is 5.97 Å². The van der Waals surface area contributed by atoms with Gasteiger partial charge in [0, 0.05) is 24.7 Å². The predicted molar refractivity (Wildman–Crippen MR) is 105 cm³/mol. The van der Waals surface area contributed by atoms with Crippen LogP contribution in [0.15, 0.2) is 12.7 Å². The quantitative estimate of drug-likeness (QED) is 0.467. The summed E-state index contributed by atoms with van der Waals surface area (Å²) in [5, 5.41) is 34.6. The van der Waals surface area contributed by atoms with Crippen molar-refractivity contribution in [2.24, 2.45) is 16.7 Å². The van der Waals surface area contributed by atoms with Crippen LogP contribution in [0.5, 0.6) is 0 Å². The minimum absolute atomic E-state index is 0.138. The van der Waals surface area contributed by atoms with E-state index >= 15 is 0 Å². The number of carbonyl (C=O) groups is 2. The van der Waals surface area contributed by atoms with E-state index in [1.54, 1.807) is 13.8 Å². The van der Waals surface area contributed by atoms with Crippen LogP contribution in [0.3, 0.4) is 0 Å². The van der Waals surface area contributed by atoms with Gasteiger partial charge in [0.1, 0.15) is 17.8 Å². The van der Waals surface area contributed by atoms with Crippen molar-refractivity contribution >= 4 is 11.8 Å². The Bertz CT molecular complexity index is 747. The summed E-state index contributed by atoms with van der Waals surface area (Å²) in [6.45, 7) is 13.7. The number of aliphatic hydroxyl groups is 3. The zero-order valence-corrected chi connectivity index (χ0v) is 18.2. The summed E-state index contributed by atoms with van der Waals surface area (Å²) in [5.74, 6) is -1.75. The third kappa shape index (κ3) is 2.63. The molecule has 0 aromatic rings. The van der Waals surface area contributed by atoms with E-state index in [0.29, 0.717) is 12.8 Å². The lowest BCUT2D eigenvalue weighted by atomic mass is 9.40. The number of Topliss-reactive ketones (excluding diaryl/α,β-unsaturated/α-hetero) is 1. The van der Waals surface area contributed by atoms with Crippen molar-refractivity contribution in [2.45, 2.75) is 95.9 Å². The Morgan fingerprint density at radius 3 is 2.34 bits per heavy atom. The fourth-order valence-corrected chi connectivity index (χ4v) is 6.68. The molecular weight excluding hydrogens is 376 g/mol. The Morgan fingerprint density at radius 2 is 1.83 bits per heavy atom. The number of ether oxygens (including phenoxy) is 2. The number of carbonyl (C=O) groups excluding carboxylic acids is 2. The van der Waals surface area contributed by atoms with E-state index in [1.165, 1.54) is 19.9 Å². The highest BCUT2D eigenvalue weighted by Crippen LogP contribution is 2.67. The molecule has 2 saturated carbocycles. The maximum Gasteiger partial charge on any atom is 0.302 e. The topological polar surface area (TPSA) is 113 Å². The molecule has 3 N–H and O–H groups in total.